The fraction of sp³-hybridized carbons (Fsp3) is 0.909. The molecule has 7 heteroatoms. The number of nitrogens with one attached hydrogen (secondary N) is 1. The van der Waals surface area contributed by atoms with Gasteiger partial charge >= 0.3 is 0 Å². The van der Waals surface area contributed by atoms with E-state index >= 15 is 0 Å². The van der Waals surface area contributed by atoms with Gasteiger partial charge in [-0.25, -0.2) is 8.42 Å². The molecule has 2 saturated heterocycles. The Morgan fingerprint density at radius 2 is 2.00 bits per heavy atom. The van der Waals surface area contributed by atoms with Gasteiger partial charge in [-0.05, 0) is 19.4 Å². The van der Waals surface area contributed by atoms with Gasteiger partial charge in [0.15, 0.2) is 0 Å². The van der Waals surface area contributed by atoms with E-state index in [1.165, 1.54) is 6.92 Å². The number of hydrogen-bond donors (Lipinski definition) is 1. The fourth-order valence-electron chi connectivity index (χ4n) is 2.56. The minimum absolute atomic E-state index is 0.0248. The lowest BCUT2D eigenvalue weighted by atomic mass is 10.4. The zero-order chi connectivity index (χ0) is 13.2. The van der Waals surface area contributed by atoms with Crippen molar-refractivity contribution in [3.05, 3.63) is 0 Å². The predicted octanol–water partition coefficient (Wildman–Crippen LogP) is -0.768. The van der Waals surface area contributed by atoms with Gasteiger partial charge in [0.1, 0.15) is 0 Å². The van der Waals surface area contributed by atoms with Crippen molar-refractivity contribution in [2.24, 2.45) is 0 Å². The van der Waals surface area contributed by atoms with Gasteiger partial charge in [0.05, 0.1) is 5.25 Å². The molecule has 1 atom stereocenters. The topological polar surface area (TPSA) is 69.7 Å². The first kappa shape index (κ1) is 13.8. The normalized spacial score (nSPS) is 27.2. The average Bonchev–Trinajstić information content (AvgIpc) is 2.73. The van der Waals surface area contributed by atoms with E-state index in [9.17, 15) is 13.2 Å². The van der Waals surface area contributed by atoms with Crippen molar-refractivity contribution in [3.8, 4) is 0 Å². The largest absolute Gasteiger partial charge is 0.342 e. The summed E-state index contributed by atoms with van der Waals surface area (Å²) in [7, 11) is -3.20. The highest BCUT2D eigenvalue weighted by Gasteiger charge is 2.34. The Morgan fingerprint density at radius 1 is 1.22 bits per heavy atom. The maximum Gasteiger partial charge on any atom is 0.219 e. The molecular formula is C11H21N3O3S. The second kappa shape index (κ2) is 5.54. The first-order valence-corrected chi connectivity index (χ1v) is 7.97. The molecule has 0 saturated carbocycles. The summed E-state index contributed by atoms with van der Waals surface area (Å²) in [6.07, 6.45) is 1.41. The molecule has 2 heterocycles. The molecule has 2 aliphatic heterocycles. The van der Waals surface area contributed by atoms with Crippen molar-refractivity contribution in [2.75, 3.05) is 39.3 Å². The van der Waals surface area contributed by atoms with Gasteiger partial charge in [0.2, 0.25) is 15.9 Å². The number of amides is 1. The average molecular weight is 275 g/mol. The molecule has 0 aromatic rings. The van der Waals surface area contributed by atoms with Gasteiger partial charge < -0.3 is 10.2 Å². The lowest BCUT2D eigenvalue weighted by Crippen LogP contribution is -2.42. The molecule has 0 aromatic carbocycles. The lowest BCUT2D eigenvalue weighted by molar-refractivity contribution is -0.128. The van der Waals surface area contributed by atoms with Crippen LogP contribution in [0.3, 0.4) is 0 Å². The SMILES string of the molecule is CC(=O)N1CCCN(S(=O)(=O)C2CCNC2)CC1. The van der Waals surface area contributed by atoms with Gasteiger partial charge in [-0.2, -0.15) is 4.31 Å². The third kappa shape index (κ3) is 2.84. The van der Waals surface area contributed by atoms with E-state index in [2.05, 4.69) is 5.32 Å². The van der Waals surface area contributed by atoms with Crippen molar-refractivity contribution in [2.45, 2.75) is 25.0 Å². The van der Waals surface area contributed by atoms with Crippen LogP contribution in [0, 0.1) is 0 Å². The van der Waals surface area contributed by atoms with E-state index < -0.39 is 10.0 Å². The van der Waals surface area contributed by atoms with Crippen LogP contribution in [0.25, 0.3) is 0 Å². The summed E-state index contributed by atoms with van der Waals surface area (Å²) < 4.78 is 26.4. The third-order valence-electron chi connectivity index (χ3n) is 3.70. The number of carbonyl (C=O) groups excluding carboxylic acids is 1. The van der Waals surface area contributed by atoms with Crippen molar-refractivity contribution >= 4 is 15.9 Å². The molecule has 18 heavy (non-hydrogen) atoms. The van der Waals surface area contributed by atoms with Gasteiger partial charge in [0.25, 0.3) is 0 Å². The lowest BCUT2D eigenvalue weighted by Gasteiger charge is -2.23. The Balaban J connectivity index is 2.03. The maximum atomic E-state index is 12.4. The first-order valence-electron chi connectivity index (χ1n) is 6.47. The van der Waals surface area contributed by atoms with Crippen molar-refractivity contribution in [1.29, 1.82) is 0 Å². The van der Waals surface area contributed by atoms with Gasteiger partial charge in [-0.3, -0.25) is 4.79 Å². The molecule has 0 aromatic heterocycles. The highest BCUT2D eigenvalue weighted by molar-refractivity contribution is 7.89. The summed E-state index contributed by atoms with van der Waals surface area (Å²) in [5.74, 6) is 0.0248. The Labute approximate surface area is 108 Å². The van der Waals surface area contributed by atoms with Gasteiger partial charge in [0, 0.05) is 39.6 Å². The van der Waals surface area contributed by atoms with E-state index in [0.29, 0.717) is 39.1 Å². The van der Waals surface area contributed by atoms with E-state index in [-0.39, 0.29) is 11.2 Å². The molecule has 2 rings (SSSR count). The van der Waals surface area contributed by atoms with Crippen LogP contribution in [0.5, 0.6) is 0 Å². The summed E-state index contributed by atoms with van der Waals surface area (Å²) in [4.78, 5) is 13.0. The summed E-state index contributed by atoms with van der Waals surface area (Å²) in [6.45, 7) is 4.98. The molecule has 1 unspecified atom stereocenters. The highest BCUT2D eigenvalue weighted by Crippen LogP contribution is 2.17. The molecule has 1 amide bonds. The van der Waals surface area contributed by atoms with Crippen molar-refractivity contribution in [3.63, 3.8) is 0 Å². The second-order valence-electron chi connectivity index (χ2n) is 4.92. The van der Waals surface area contributed by atoms with Crippen LogP contribution in [0.4, 0.5) is 0 Å². The van der Waals surface area contributed by atoms with E-state index in [1.54, 1.807) is 9.21 Å². The Kier molecular flexibility index (Phi) is 4.24. The van der Waals surface area contributed by atoms with Gasteiger partial charge in [-0.15, -0.1) is 0 Å². The number of hydrogen-bond acceptors (Lipinski definition) is 4. The van der Waals surface area contributed by atoms with E-state index in [1.807, 2.05) is 0 Å². The molecule has 0 bridgehead atoms. The molecular weight excluding hydrogens is 254 g/mol. The molecule has 2 aliphatic rings. The van der Waals surface area contributed by atoms with E-state index in [4.69, 9.17) is 0 Å². The standard InChI is InChI=1S/C11H21N3O3S/c1-10(15)13-5-2-6-14(8-7-13)18(16,17)11-3-4-12-9-11/h11-12H,2-9H2,1H3. The number of sulfonamides is 1. The molecule has 6 nitrogen and oxygen atoms in total. The van der Waals surface area contributed by atoms with Crippen molar-refractivity contribution in [1.82, 2.24) is 14.5 Å². The first-order chi connectivity index (χ1) is 8.51. The van der Waals surface area contributed by atoms with Crippen LogP contribution < -0.4 is 5.32 Å². The predicted molar refractivity (Wildman–Crippen MR) is 68.6 cm³/mol. The van der Waals surface area contributed by atoms with Crippen LogP contribution in [0.15, 0.2) is 0 Å². The van der Waals surface area contributed by atoms with Gasteiger partial charge in [-0.1, -0.05) is 0 Å². The van der Waals surface area contributed by atoms with Crippen LogP contribution in [0.1, 0.15) is 19.8 Å². The van der Waals surface area contributed by atoms with Crippen molar-refractivity contribution < 1.29 is 13.2 Å². The number of nitrogens with zero attached hydrogens (tertiary/aromatic N) is 2. The molecule has 104 valence electrons. The fourth-order valence-corrected chi connectivity index (χ4v) is 4.44. The summed E-state index contributed by atoms with van der Waals surface area (Å²) in [6, 6.07) is 0. The Hall–Kier alpha value is -0.660. The zero-order valence-corrected chi connectivity index (χ0v) is 11.6. The van der Waals surface area contributed by atoms with Crippen LogP contribution in [0.2, 0.25) is 0 Å². The quantitative estimate of drug-likeness (QED) is 0.719. The Morgan fingerprint density at radius 3 is 2.61 bits per heavy atom. The summed E-state index contributed by atoms with van der Waals surface area (Å²) in [5.41, 5.74) is 0. The minimum Gasteiger partial charge on any atom is -0.342 e. The number of carbonyl (C=O) groups is 1. The molecule has 0 radical (unpaired) electrons. The monoisotopic (exact) mass is 275 g/mol. The number of rotatable bonds is 2. The summed E-state index contributed by atoms with van der Waals surface area (Å²) in [5, 5.41) is 2.80. The second-order valence-corrected chi connectivity index (χ2v) is 7.13. The summed E-state index contributed by atoms with van der Waals surface area (Å²) >= 11 is 0. The van der Waals surface area contributed by atoms with Crippen LogP contribution in [-0.2, 0) is 14.8 Å². The molecule has 0 spiro atoms. The van der Waals surface area contributed by atoms with Crippen LogP contribution >= 0.6 is 0 Å². The zero-order valence-electron chi connectivity index (χ0n) is 10.8. The maximum absolute atomic E-state index is 12.4. The molecule has 0 aliphatic carbocycles. The van der Waals surface area contributed by atoms with E-state index in [0.717, 1.165) is 13.0 Å². The highest BCUT2D eigenvalue weighted by atomic mass is 32.2. The Bertz CT molecular complexity index is 404. The minimum atomic E-state index is -3.20. The molecule has 1 N–H and O–H groups in total. The smallest absolute Gasteiger partial charge is 0.219 e. The molecule has 2 fully saturated rings. The third-order valence-corrected chi connectivity index (χ3v) is 6.03. The van der Waals surface area contributed by atoms with Crippen LogP contribution in [-0.4, -0.2) is 68.0 Å².